The molecule has 1 aliphatic heterocycles. The van der Waals surface area contributed by atoms with E-state index in [9.17, 15) is 0 Å². The van der Waals surface area contributed by atoms with Gasteiger partial charge in [0.05, 0.1) is 12.8 Å². The molecule has 26 heavy (non-hydrogen) atoms. The number of nitrogens with zero attached hydrogens (tertiary/aromatic N) is 3. The summed E-state index contributed by atoms with van der Waals surface area (Å²) >= 11 is 0. The van der Waals surface area contributed by atoms with Crippen LogP contribution in [0.15, 0.2) is 54.7 Å². The second-order valence-electron chi connectivity index (χ2n) is 6.45. The second-order valence-corrected chi connectivity index (χ2v) is 6.45. The molecule has 3 aromatic rings. The van der Waals surface area contributed by atoms with Crippen molar-refractivity contribution in [1.82, 2.24) is 9.97 Å². The molecule has 0 spiro atoms. The molecule has 0 unspecified atom stereocenters. The third kappa shape index (κ3) is 3.20. The summed E-state index contributed by atoms with van der Waals surface area (Å²) in [6.45, 7) is 3.01. The van der Waals surface area contributed by atoms with E-state index in [-0.39, 0.29) is 0 Å². The van der Waals surface area contributed by atoms with E-state index in [1.54, 1.807) is 13.3 Å². The normalized spacial score (nSPS) is 13.2. The summed E-state index contributed by atoms with van der Waals surface area (Å²) in [5.41, 5.74) is 4.61. The topological polar surface area (TPSA) is 50.3 Å². The zero-order chi connectivity index (χ0) is 17.9. The van der Waals surface area contributed by atoms with Crippen molar-refractivity contribution in [3.8, 4) is 5.75 Å². The Morgan fingerprint density at radius 2 is 2.00 bits per heavy atom. The van der Waals surface area contributed by atoms with Crippen molar-refractivity contribution in [2.24, 2.45) is 0 Å². The van der Waals surface area contributed by atoms with Gasteiger partial charge in [-0.3, -0.25) is 0 Å². The molecule has 0 bridgehead atoms. The maximum atomic E-state index is 5.44. The zero-order valence-corrected chi connectivity index (χ0v) is 15.1. The molecule has 0 saturated carbocycles. The molecule has 2 aromatic carbocycles. The minimum absolute atomic E-state index is 0.564. The molecular formula is C21H22N4O. The van der Waals surface area contributed by atoms with E-state index < -0.39 is 0 Å². The molecule has 2 heterocycles. The number of hydrogen-bond donors (Lipinski definition) is 1. The van der Waals surface area contributed by atoms with Crippen LogP contribution < -0.4 is 15.0 Å². The van der Waals surface area contributed by atoms with Crippen LogP contribution in [-0.2, 0) is 6.42 Å². The summed E-state index contributed by atoms with van der Waals surface area (Å²) in [5, 5.41) is 3.29. The van der Waals surface area contributed by atoms with E-state index in [2.05, 4.69) is 39.5 Å². The van der Waals surface area contributed by atoms with Gasteiger partial charge >= 0.3 is 0 Å². The highest BCUT2D eigenvalue weighted by molar-refractivity contribution is 5.68. The largest absolute Gasteiger partial charge is 0.495 e. The molecule has 132 valence electrons. The number of ether oxygens (including phenoxy) is 1. The monoisotopic (exact) mass is 346 g/mol. The van der Waals surface area contributed by atoms with Crippen molar-refractivity contribution < 1.29 is 4.74 Å². The lowest BCUT2D eigenvalue weighted by atomic mass is 10.0. The van der Waals surface area contributed by atoms with Gasteiger partial charge in [0.2, 0.25) is 5.95 Å². The van der Waals surface area contributed by atoms with Crippen LogP contribution in [0, 0.1) is 6.92 Å². The molecule has 1 N–H and O–H groups in total. The first-order valence-electron chi connectivity index (χ1n) is 8.85. The Kier molecular flexibility index (Phi) is 4.44. The van der Waals surface area contributed by atoms with Crippen molar-refractivity contribution in [2.75, 3.05) is 23.9 Å². The van der Waals surface area contributed by atoms with Gasteiger partial charge in [-0.1, -0.05) is 24.3 Å². The Morgan fingerprint density at radius 3 is 2.88 bits per heavy atom. The van der Waals surface area contributed by atoms with E-state index in [0.717, 1.165) is 42.2 Å². The maximum absolute atomic E-state index is 5.44. The van der Waals surface area contributed by atoms with Crippen LogP contribution in [-0.4, -0.2) is 23.6 Å². The molecule has 5 nitrogen and oxygen atoms in total. The molecule has 0 fully saturated rings. The van der Waals surface area contributed by atoms with Gasteiger partial charge < -0.3 is 15.0 Å². The predicted molar refractivity (Wildman–Crippen MR) is 105 cm³/mol. The van der Waals surface area contributed by atoms with Gasteiger partial charge in [-0.2, -0.15) is 4.98 Å². The van der Waals surface area contributed by atoms with E-state index in [4.69, 9.17) is 9.72 Å². The van der Waals surface area contributed by atoms with Gasteiger partial charge in [0.25, 0.3) is 0 Å². The van der Waals surface area contributed by atoms with Crippen molar-refractivity contribution in [1.29, 1.82) is 0 Å². The smallest absolute Gasteiger partial charge is 0.229 e. The Balaban J connectivity index is 1.65. The molecule has 1 aromatic heterocycles. The van der Waals surface area contributed by atoms with Gasteiger partial charge in [-0.25, -0.2) is 4.98 Å². The first-order chi connectivity index (χ1) is 12.7. The quantitative estimate of drug-likeness (QED) is 0.747. The number of hydrogen-bond acceptors (Lipinski definition) is 5. The first kappa shape index (κ1) is 16.4. The maximum Gasteiger partial charge on any atom is 0.229 e. The SMILES string of the molecule is COc1ccc(C)cc1Nc1nccc(N2CCCc3ccccc32)n1. The minimum atomic E-state index is 0.564. The van der Waals surface area contributed by atoms with E-state index in [0.29, 0.717) is 5.95 Å². The molecule has 0 saturated heterocycles. The lowest BCUT2D eigenvalue weighted by Gasteiger charge is -2.30. The fraction of sp³-hybridized carbons (Fsp3) is 0.238. The second kappa shape index (κ2) is 7.04. The molecule has 0 radical (unpaired) electrons. The Morgan fingerprint density at radius 1 is 1.12 bits per heavy atom. The molecule has 1 aliphatic rings. The molecule has 0 atom stereocenters. The number of aryl methyl sites for hydroxylation is 2. The van der Waals surface area contributed by atoms with Crippen LogP contribution in [0.2, 0.25) is 0 Å². The lowest BCUT2D eigenvalue weighted by Crippen LogP contribution is -2.25. The zero-order valence-electron chi connectivity index (χ0n) is 15.1. The van der Waals surface area contributed by atoms with E-state index >= 15 is 0 Å². The molecule has 0 amide bonds. The van der Waals surface area contributed by atoms with E-state index in [1.807, 2.05) is 31.2 Å². The number of methoxy groups -OCH3 is 1. The number of nitrogens with one attached hydrogen (secondary N) is 1. The van der Waals surface area contributed by atoms with Crippen molar-refractivity contribution in [3.05, 3.63) is 65.9 Å². The third-order valence-corrected chi connectivity index (χ3v) is 4.63. The number of anilines is 4. The summed E-state index contributed by atoms with van der Waals surface area (Å²) < 4.78 is 5.44. The number of benzene rings is 2. The van der Waals surface area contributed by atoms with Gasteiger partial charge in [-0.05, 0) is 55.2 Å². The lowest BCUT2D eigenvalue weighted by molar-refractivity contribution is 0.416. The number of para-hydroxylation sites is 1. The summed E-state index contributed by atoms with van der Waals surface area (Å²) in [7, 11) is 1.66. The summed E-state index contributed by atoms with van der Waals surface area (Å²) in [4.78, 5) is 11.4. The van der Waals surface area contributed by atoms with Crippen molar-refractivity contribution >= 4 is 23.1 Å². The third-order valence-electron chi connectivity index (χ3n) is 4.63. The summed E-state index contributed by atoms with van der Waals surface area (Å²) in [6, 6.07) is 16.5. The molecular weight excluding hydrogens is 324 g/mol. The van der Waals surface area contributed by atoms with E-state index in [1.165, 1.54) is 11.3 Å². The van der Waals surface area contributed by atoms with Crippen LogP contribution in [0.4, 0.5) is 23.1 Å². The van der Waals surface area contributed by atoms with Crippen LogP contribution in [0.5, 0.6) is 5.75 Å². The van der Waals surface area contributed by atoms with Crippen LogP contribution in [0.1, 0.15) is 17.5 Å². The van der Waals surface area contributed by atoms with Gasteiger partial charge in [0.1, 0.15) is 11.6 Å². The van der Waals surface area contributed by atoms with Crippen molar-refractivity contribution in [3.63, 3.8) is 0 Å². The van der Waals surface area contributed by atoms with Gasteiger partial charge in [0, 0.05) is 18.4 Å². The fourth-order valence-corrected chi connectivity index (χ4v) is 3.37. The summed E-state index contributed by atoms with van der Waals surface area (Å²) in [5.74, 6) is 2.24. The van der Waals surface area contributed by atoms with Crippen LogP contribution >= 0.6 is 0 Å². The highest BCUT2D eigenvalue weighted by Gasteiger charge is 2.19. The highest BCUT2D eigenvalue weighted by Crippen LogP contribution is 2.33. The van der Waals surface area contributed by atoms with Crippen LogP contribution in [0.25, 0.3) is 0 Å². The molecule has 4 rings (SSSR count). The van der Waals surface area contributed by atoms with Gasteiger partial charge in [-0.15, -0.1) is 0 Å². The predicted octanol–water partition coefficient (Wildman–Crippen LogP) is 4.62. The average Bonchev–Trinajstić information content (AvgIpc) is 2.68. The Hall–Kier alpha value is -3.08. The number of aromatic nitrogens is 2. The minimum Gasteiger partial charge on any atom is -0.495 e. The first-order valence-corrected chi connectivity index (χ1v) is 8.85. The molecule has 5 heteroatoms. The summed E-state index contributed by atoms with van der Waals surface area (Å²) in [6.07, 6.45) is 4.03. The van der Waals surface area contributed by atoms with Crippen molar-refractivity contribution in [2.45, 2.75) is 19.8 Å². The number of rotatable bonds is 4. The highest BCUT2D eigenvalue weighted by atomic mass is 16.5. The fourth-order valence-electron chi connectivity index (χ4n) is 3.37. The average molecular weight is 346 g/mol. The standard InChI is InChI=1S/C21H22N4O/c1-15-9-10-19(26-2)17(14-15)23-21-22-12-11-20(24-21)25-13-5-7-16-6-3-4-8-18(16)25/h3-4,6,8-12,14H,5,7,13H2,1-2H3,(H,22,23,24). The number of fused-ring (bicyclic) bond motifs is 1. The Labute approximate surface area is 153 Å². The van der Waals surface area contributed by atoms with Gasteiger partial charge in [0.15, 0.2) is 0 Å². The Bertz CT molecular complexity index is 925. The van der Waals surface area contributed by atoms with Crippen LogP contribution in [0.3, 0.4) is 0 Å². The molecule has 0 aliphatic carbocycles.